The third kappa shape index (κ3) is 6.81. The maximum Gasteiger partial charge on any atom is 0.326 e. The normalized spacial score (nSPS) is 12.2. The molecule has 12 heteroatoms. The summed E-state index contributed by atoms with van der Waals surface area (Å²) in [5, 5.41) is 4.41. The lowest BCUT2D eigenvalue weighted by Crippen LogP contribution is -2.36. The Kier molecular flexibility index (Phi) is 9.21. The molecule has 0 heterocycles. The first-order valence-corrected chi connectivity index (χ1v) is 11.8. The lowest BCUT2D eigenvalue weighted by molar-refractivity contribution is -0.152. The molecular formula is C22H25F2N3O6S. The Morgan fingerprint density at radius 2 is 1.65 bits per heavy atom. The Morgan fingerprint density at radius 3 is 2.24 bits per heavy atom. The van der Waals surface area contributed by atoms with Crippen molar-refractivity contribution in [3.63, 3.8) is 0 Å². The minimum Gasteiger partial charge on any atom is -0.451 e. The van der Waals surface area contributed by atoms with Crippen LogP contribution in [0.4, 0.5) is 14.5 Å². The Labute approximate surface area is 196 Å². The van der Waals surface area contributed by atoms with Crippen molar-refractivity contribution in [3.05, 3.63) is 59.7 Å². The average Bonchev–Trinajstić information content (AvgIpc) is 2.80. The summed E-state index contributed by atoms with van der Waals surface area (Å²) in [6, 6.07) is 7.69. The predicted octanol–water partition coefficient (Wildman–Crippen LogP) is 2.30. The van der Waals surface area contributed by atoms with Crippen molar-refractivity contribution in [3.8, 4) is 0 Å². The average molecular weight is 498 g/mol. The molecule has 9 nitrogen and oxygen atoms in total. The van der Waals surface area contributed by atoms with E-state index in [1.807, 2.05) is 0 Å². The van der Waals surface area contributed by atoms with Crippen LogP contribution in [0.1, 0.15) is 31.1 Å². The molecule has 0 aliphatic rings. The first-order chi connectivity index (χ1) is 16.0. The standard InChI is InChI=1S/C22H25F2N3O6S/c1-4-27(5-2)34(31,32)17-9-6-15(7-10-17)22(30)25-13-20(28)33-14(3)21(29)26-19-12-16(23)8-11-18(19)24/h6-12,14H,4-5,13H2,1-3H3,(H,25,30)(H,26,29). The molecule has 0 spiro atoms. The van der Waals surface area contributed by atoms with Crippen LogP contribution in [0.2, 0.25) is 0 Å². The Morgan fingerprint density at radius 1 is 1.03 bits per heavy atom. The fraction of sp³-hybridized carbons (Fsp3) is 0.318. The van der Waals surface area contributed by atoms with Crippen molar-refractivity contribution in [1.29, 1.82) is 0 Å². The smallest absolute Gasteiger partial charge is 0.326 e. The molecule has 0 saturated heterocycles. The van der Waals surface area contributed by atoms with Crippen molar-refractivity contribution in [2.75, 3.05) is 25.0 Å². The fourth-order valence-corrected chi connectivity index (χ4v) is 4.32. The number of benzene rings is 2. The number of rotatable bonds is 10. The fourth-order valence-electron chi connectivity index (χ4n) is 2.87. The molecule has 2 amide bonds. The summed E-state index contributed by atoms with van der Waals surface area (Å²) in [4.78, 5) is 36.3. The van der Waals surface area contributed by atoms with E-state index in [1.165, 1.54) is 35.5 Å². The van der Waals surface area contributed by atoms with Gasteiger partial charge >= 0.3 is 5.97 Å². The zero-order valence-electron chi connectivity index (χ0n) is 18.8. The zero-order valence-corrected chi connectivity index (χ0v) is 19.6. The Balaban J connectivity index is 1.90. The van der Waals surface area contributed by atoms with E-state index in [0.717, 1.165) is 18.2 Å². The summed E-state index contributed by atoms with van der Waals surface area (Å²) >= 11 is 0. The number of amides is 2. The molecule has 2 N–H and O–H groups in total. The highest BCUT2D eigenvalue weighted by Crippen LogP contribution is 2.17. The molecule has 0 bridgehead atoms. The molecule has 2 rings (SSSR count). The van der Waals surface area contributed by atoms with Gasteiger partial charge in [-0.2, -0.15) is 4.31 Å². The number of carbonyl (C=O) groups is 3. The van der Waals surface area contributed by atoms with Crippen molar-refractivity contribution in [2.24, 2.45) is 0 Å². The van der Waals surface area contributed by atoms with Crippen molar-refractivity contribution in [1.82, 2.24) is 9.62 Å². The van der Waals surface area contributed by atoms with Crippen LogP contribution in [0.25, 0.3) is 0 Å². The predicted molar refractivity (Wildman–Crippen MR) is 119 cm³/mol. The number of carbonyl (C=O) groups excluding carboxylic acids is 3. The summed E-state index contributed by atoms with van der Waals surface area (Å²) in [7, 11) is -3.67. The number of ether oxygens (including phenoxy) is 1. The third-order valence-electron chi connectivity index (χ3n) is 4.72. The van der Waals surface area contributed by atoms with Crippen LogP contribution in [0.5, 0.6) is 0 Å². The monoisotopic (exact) mass is 497 g/mol. The van der Waals surface area contributed by atoms with Crippen LogP contribution < -0.4 is 10.6 Å². The van der Waals surface area contributed by atoms with Crippen molar-refractivity contribution in [2.45, 2.75) is 31.8 Å². The Hall–Kier alpha value is -3.38. The van der Waals surface area contributed by atoms with E-state index in [1.54, 1.807) is 13.8 Å². The summed E-state index contributed by atoms with van der Waals surface area (Å²) in [6.07, 6.45) is -1.35. The van der Waals surface area contributed by atoms with Crippen LogP contribution in [0.15, 0.2) is 47.4 Å². The van der Waals surface area contributed by atoms with Gasteiger partial charge in [-0.05, 0) is 43.3 Å². The lowest BCUT2D eigenvalue weighted by atomic mass is 10.2. The third-order valence-corrected chi connectivity index (χ3v) is 6.78. The Bertz CT molecular complexity index is 1150. The number of sulfonamides is 1. The minimum atomic E-state index is -3.67. The molecule has 34 heavy (non-hydrogen) atoms. The van der Waals surface area contributed by atoms with Gasteiger partial charge in [-0.3, -0.25) is 14.4 Å². The highest BCUT2D eigenvalue weighted by atomic mass is 32.2. The molecule has 184 valence electrons. The van der Waals surface area contributed by atoms with Gasteiger partial charge in [0.2, 0.25) is 10.0 Å². The van der Waals surface area contributed by atoms with E-state index in [-0.39, 0.29) is 10.5 Å². The molecule has 0 aromatic heterocycles. The van der Waals surface area contributed by atoms with E-state index in [0.29, 0.717) is 13.1 Å². The number of anilines is 1. The second kappa shape index (κ2) is 11.7. The molecular weight excluding hydrogens is 472 g/mol. The first-order valence-electron chi connectivity index (χ1n) is 10.3. The summed E-state index contributed by atoms with van der Waals surface area (Å²) in [6.45, 7) is 4.68. The zero-order chi connectivity index (χ0) is 25.5. The van der Waals surface area contributed by atoms with E-state index in [9.17, 15) is 31.6 Å². The largest absolute Gasteiger partial charge is 0.451 e. The summed E-state index contributed by atoms with van der Waals surface area (Å²) in [5.41, 5.74) is -0.300. The van der Waals surface area contributed by atoms with Gasteiger partial charge in [-0.1, -0.05) is 13.8 Å². The molecule has 0 radical (unpaired) electrons. The van der Waals surface area contributed by atoms with Crippen LogP contribution in [-0.2, 0) is 24.3 Å². The van der Waals surface area contributed by atoms with Gasteiger partial charge in [0.15, 0.2) is 6.10 Å². The number of hydrogen-bond donors (Lipinski definition) is 2. The molecule has 2 aromatic carbocycles. The van der Waals surface area contributed by atoms with Gasteiger partial charge in [0.1, 0.15) is 18.2 Å². The maximum atomic E-state index is 13.6. The number of hydrogen-bond acceptors (Lipinski definition) is 6. The molecule has 2 aromatic rings. The molecule has 0 aliphatic heterocycles. The highest BCUT2D eigenvalue weighted by molar-refractivity contribution is 7.89. The quantitative estimate of drug-likeness (QED) is 0.486. The van der Waals surface area contributed by atoms with Crippen molar-refractivity contribution >= 4 is 33.5 Å². The van der Waals surface area contributed by atoms with Gasteiger partial charge in [-0.15, -0.1) is 0 Å². The van der Waals surface area contributed by atoms with Gasteiger partial charge in [0.25, 0.3) is 11.8 Å². The molecule has 0 saturated carbocycles. The van der Waals surface area contributed by atoms with Crippen LogP contribution >= 0.6 is 0 Å². The number of nitrogens with one attached hydrogen (secondary N) is 2. The second-order valence-electron chi connectivity index (χ2n) is 7.04. The van der Waals surface area contributed by atoms with Gasteiger partial charge in [0.05, 0.1) is 10.6 Å². The summed E-state index contributed by atoms with van der Waals surface area (Å²) in [5.74, 6) is -4.13. The van der Waals surface area contributed by atoms with Crippen molar-refractivity contribution < 1.29 is 36.3 Å². The molecule has 1 unspecified atom stereocenters. The lowest BCUT2D eigenvalue weighted by Gasteiger charge is -2.18. The van der Waals surface area contributed by atoms with E-state index in [4.69, 9.17) is 4.74 Å². The SMILES string of the molecule is CCN(CC)S(=O)(=O)c1ccc(C(=O)NCC(=O)OC(C)C(=O)Nc2cc(F)ccc2F)cc1. The van der Waals surface area contributed by atoms with Gasteiger partial charge < -0.3 is 15.4 Å². The number of halogens is 2. The van der Waals surface area contributed by atoms with Crippen LogP contribution in [0.3, 0.4) is 0 Å². The van der Waals surface area contributed by atoms with Crippen LogP contribution in [0, 0.1) is 11.6 Å². The van der Waals surface area contributed by atoms with E-state index >= 15 is 0 Å². The molecule has 0 aliphatic carbocycles. The number of nitrogens with zero attached hydrogens (tertiary/aromatic N) is 1. The topological polar surface area (TPSA) is 122 Å². The van der Waals surface area contributed by atoms with Crippen LogP contribution in [-0.4, -0.2) is 56.2 Å². The molecule has 1 atom stereocenters. The minimum absolute atomic E-state index is 0.0294. The van der Waals surface area contributed by atoms with Gasteiger partial charge in [-0.25, -0.2) is 17.2 Å². The first kappa shape index (κ1) is 26.9. The highest BCUT2D eigenvalue weighted by Gasteiger charge is 2.22. The summed E-state index contributed by atoms with van der Waals surface area (Å²) < 4.78 is 58.0. The number of esters is 1. The van der Waals surface area contributed by atoms with E-state index < -0.39 is 57.8 Å². The van der Waals surface area contributed by atoms with E-state index in [2.05, 4.69) is 10.6 Å². The second-order valence-corrected chi connectivity index (χ2v) is 8.98. The van der Waals surface area contributed by atoms with Gasteiger partial charge in [0, 0.05) is 24.7 Å². The molecule has 0 fully saturated rings. The maximum absolute atomic E-state index is 13.6.